The molecule has 0 radical (unpaired) electrons. The standard InChI is InChI=1S/C21H26N2O4/c1-14(2)12-23-20(25)17-8-4-6-15(10-17)13-22-19(21(26)27-3)16-7-5-9-18(24)11-16/h4-11,14,19,22,24H,12-13H2,1-3H3,(H,23,25)/t19-/m0/s1. The van der Waals surface area contributed by atoms with E-state index in [0.29, 0.717) is 30.1 Å². The van der Waals surface area contributed by atoms with E-state index in [2.05, 4.69) is 10.6 Å². The number of phenols is 1. The second-order valence-electron chi connectivity index (χ2n) is 6.74. The van der Waals surface area contributed by atoms with E-state index >= 15 is 0 Å². The molecule has 0 aliphatic rings. The summed E-state index contributed by atoms with van der Waals surface area (Å²) >= 11 is 0. The maximum absolute atomic E-state index is 12.2. The van der Waals surface area contributed by atoms with E-state index in [-0.39, 0.29) is 11.7 Å². The number of hydrogen-bond acceptors (Lipinski definition) is 5. The molecule has 0 aliphatic heterocycles. The first-order chi connectivity index (χ1) is 12.9. The van der Waals surface area contributed by atoms with Crippen LogP contribution >= 0.6 is 0 Å². The van der Waals surface area contributed by atoms with Gasteiger partial charge >= 0.3 is 5.97 Å². The number of rotatable bonds is 8. The Kier molecular flexibility index (Phi) is 7.37. The van der Waals surface area contributed by atoms with Gasteiger partial charge in [-0.1, -0.05) is 38.1 Å². The third-order valence-electron chi connectivity index (χ3n) is 4.01. The van der Waals surface area contributed by atoms with Gasteiger partial charge in [-0.25, -0.2) is 4.79 Å². The summed E-state index contributed by atoms with van der Waals surface area (Å²) in [5.41, 5.74) is 2.04. The molecule has 27 heavy (non-hydrogen) atoms. The summed E-state index contributed by atoms with van der Waals surface area (Å²) in [5, 5.41) is 15.7. The lowest BCUT2D eigenvalue weighted by atomic mass is 10.1. The molecule has 0 heterocycles. The van der Waals surface area contributed by atoms with Crippen LogP contribution in [0.5, 0.6) is 5.75 Å². The average Bonchev–Trinajstić information content (AvgIpc) is 2.66. The number of carbonyl (C=O) groups excluding carboxylic acids is 2. The van der Waals surface area contributed by atoms with Crippen molar-refractivity contribution in [2.45, 2.75) is 26.4 Å². The fraction of sp³-hybridized carbons (Fsp3) is 0.333. The molecule has 0 aliphatic carbocycles. The average molecular weight is 370 g/mol. The zero-order valence-corrected chi connectivity index (χ0v) is 15.9. The molecule has 6 nitrogen and oxygen atoms in total. The molecule has 6 heteroatoms. The number of ether oxygens (including phenoxy) is 1. The highest BCUT2D eigenvalue weighted by molar-refractivity contribution is 5.94. The Morgan fingerprint density at radius 1 is 1.11 bits per heavy atom. The lowest BCUT2D eigenvalue weighted by molar-refractivity contribution is -0.143. The topological polar surface area (TPSA) is 87.7 Å². The van der Waals surface area contributed by atoms with Gasteiger partial charge in [-0.15, -0.1) is 0 Å². The second-order valence-corrected chi connectivity index (χ2v) is 6.74. The molecule has 0 saturated carbocycles. The fourth-order valence-corrected chi connectivity index (χ4v) is 2.60. The Morgan fingerprint density at radius 2 is 1.85 bits per heavy atom. The van der Waals surface area contributed by atoms with E-state index in [1.165, 1.54) is 19.2 Å². The zero-order chi connectivity index (χ0) is 19.8. The number of carbonyl (C=O) groups is 2. The summed E-state index contributed by atoms with van der Waals surface area (Å²) in [5.74, 6) is -0.122. The Labute approximate surface area is 159 Å². The molecule has 0 fully saturated rings. The lowest BCUT2D eigenvalue weighted by Gasteiger charge is -2.17. The van der Waals surface area contributed by atoms with Crippen molar-refractivity contribution in [2.75, 3.05) is 13.7 Å². The number of amides is 1. The Hall–Kier alpha value is -2.86. The highest BCUT2D eigenvalue weighted by atomic mass is 16.5. The lowest BCUT2D eigenvalue weighted by Crippen LogP contribution is -2.29. The van der Waals surface area contributed by atoms with Crippen LogP contribution in [0.3, 0.4) is 0 Å². The number of methoxy groups -OCH3 is 1. The largest absolute Gasteiger partial charge is 0.508 e. The molecule has 3 N–H and O–H groups in total. The first kappa shape index (κ1) is 20.5. The molecule has 0 spiro atoms. The molecule has 0 saturated heterocycles. The number of phenolic OH excluding ortho intramolecular Hbond substituents is 1. The van der Waals surface area contributed by atoms with Gasteiger partial charge in [0, 0.05) is 18.7 Å². The van der Waals surface area contributed by atoms with E-state index in [1.54, 1.807) is 24.3 Å². The van der Waals surface area contributed by atoms with E-state index in [1.807, 2.05) is 26.0 Å². The second kappa shape index (κ2) is 9.73. The van der Waals surface area contributed by atoms with Crippen molar-refractivity contribution in [1.82, 2.24) is 10.6 Å². The van der Waals surface area contributed by atoms with E-state index in [0.717, 1.165) is 5.56 Å². The zero-order valence-electron chi connectivity index (χ0n) is 15.9. The highest BCUT2D eigenvalue weighted by Crippen LogP contribution is 2.20. The minimum atomic E-state index is -0.722. The molecule has 0 aromatic heterocycles. The molecule has 0 unspecified atom stereocenters. The van der Waals surface area contributed by atoms with Gasteiger partial charge in [0.2, 0.25) is 0 Å². The maximum atomic E-state index is 12.2. The van der Waals surface area contributed by atoms with Gasteiger partial charge in [0.25, 0.3) is 5.91 Å². The summed E-state index contributed by atoms with van der Waals surface area (Å²) in [6, 6.07) is 13.0. The van der Waals surface area contributed by atoms with Crippen molar-refractivity contribution in [3.05, 3.63) is 65.2 Å². The molecular weight excluding hydrogens is 344 g/mol. The monoisotopic (exact) mass is 370 g/mol. The first-order valence-electron chi connectivity index (χ1n) is 8.88. The van der Waals surface area contributed by atoms with Crippen LogP contribution in [0, 0.1) is 5.92 Å². The molecule has 2 aromatic carbocycles. The number of hydrogen-bond donors (Lipinski definition) is 3. The highest BCUT2D eigenvalue weighted by Gasteiger charge is 2.21. The van der Waals surface area contributed by atoms with Gasteiger partial charge in [-0.2, -0.15) is 0 Å². The van der Waals surface area contributed by atoms with Gasteiger partial charge in [0.05, 0.1) is 7.11 Å². The van der Waals surface area contributed by atoms with Crippen molar-refractivity contribution in [1.29, 1.82) is 0 Å². The Balaban J connectivity index is 2.09. The molecule has 2 rings (SSSR count). The minimum Gasteiger partial charge on any atom is -0.508 e. The van der Waals surface area contributed by atoms with Crippen LogP contribution in [-0.4, -0.2) is 30.6 Å². The Bertz CT molecular complexity index is 789. The van der Waals surface area contributed by atoms with Crippen molar-refractivity contribution >= 4 is 11.9 Å². The number of esters is 1. The SMILES string of the molecule is COC(=O)[C@@H](NCc1cccc(C(=O)NCC(C)C)c1)c1cccc(O)c1. The molecule has 1 atom stereocenters. The van der Waals surface area contributed by atoms with Crippen molar-refractivity contribution in [2.24, 2.45) is 5.92 Å². The molecule has 2 aromatic rings. The van der Waals surface area contributed by atoms with E-state index in [9.17, 15) is 14.7 Å². The number of nitrogens with one attached hydrogen (secondary N) is 2. The summed E-state index contributed by atoms with van der Waals surface area (Å²) in [7, 11) is 1.32. The maximum Gasteiger partial charge on any atom is 0.327 e. The van der Waals surface area contributed by atoms with Crippen LogP contribution < -0.4 is 10.6 Å². The Morgan fingerprint density at radius 3 is 2.52 bits per heavy atom. The van der Waals surface area contributed by atoms with Crippen LogP contribution in [0.15, 0.2) is 48.5 Å². The van der Waals surface area contributed by atoms with Crippen LogP contribution in [0.4, 0.5) is 0 Å². The predicted octanol–water partition coefficient (Wildman–Crippen LogP) is 2.78. The van der Waals surface area contributed by atoms with Crippen LogP contribution in [0.1, 0.15) is 41.4 Å². The minimum absolute atomic E-state index is 0.0759. The fourth-order valence-electron chi connectivity index (χ4n) is 2.60. The number of aromatic hydroxyl groups is 1. The summed E-state index contributed by atoms with van der Waals surface area (Å²) in [6.45, 7) is 5.05. The van der Waals surface area contributed by atoms with Gasteiger partial charge < -0.3 is 15.2 Å². The van der Waals surface area contributed by atoms with Crippen molar-refractivity contribution < 1.29 is 19.4 Å². The summed E-state index contributed by atoms with van der Waals surface area (Å²) < 4.78 is 4.86. The third kappa shape index (κ3) is 6.11. The van der Waals surface area contributed by atoms with Crippen molar-refractivity contribution in [3.8, 4) is 5.75 Å². The molecule has 0 bridgehead atoms. The van der Waals surface area contributed by atoms with Crippen LogP contribution in [0.2, 0.25) is 0 Å². The van der Waals surface area contributed by atoms with Crippen LogP contribution in [-0.2, 0) is 16.1 Å². The van der Waals surface area contributed by atoms with Gasteiger partial charge in [0.1, 0.15) is 11.8 Å². The van der Waals surface area contributed by atoms with Crippen molar-refractivity contribution in [3.63, 3.8) is 0 Å². The summed E-state index contributed by atoms with van der Waals surface area (Å²) in [4.78, 5) is 24.4. The summed E-state index contributed by atoms with van der Waals surface area (Å²) in [6.07, 6.45) is 0. The van der Waals surface area contributed by atoms with Gasteiger partial charge in [0.15, 0.2) is 0 Å². The smallest absolute Gasteiger partial charge is 0.327 e. The normalized spacial score (nSPS) is 11.9. The predicted molar refractivity (Wildman–Crippen MR) is 103 cm³/mol. The van der Waals surface area contributed by atoms with E-state index in [4.69, 9.17) is 4.74 Å². The quantitative estimate of drug-likeness (QED) is 0.622. The number of benzene rings is 2. The first-order valence-corrected chi connectivity index (χ1v) is 8.88. The molecule has 1 amide bonds. The molecule has 144 valence electrons. The van der Waals surface area contributed by atoms with Gasteiger partial charge in [-0.3, -0.25) is 10.1 Å². The third-order valence-corrected chi connectivity index (χ3v) is 4.01. The van der Waals surface area contributed by atoms with Gasteiger partial charge in [-0.05, 0) is 41.3 Å². The van der Waals surface area contributed by atoms with E-state index < -0.39 is 12.0 Å². The van der Waals surface area contributed by atoms with Crippen LogP contribution in [0.25, 0.3) is 0 Å². The molecular formula is C21H26N2O4.